The summed E-state index contributed by atoms with van der Waals surface area (Å²) in [5.41, 5.74) is 5.30. The van der Waals surface area contributed by atoms with Gasteiger partial charge in [0.1, 0.15) is 23.7 Å². The van der Waals surface area contributed by atoms with Crippen LogP contribution in [0.25, 0.3) is 5.57 Å². The van der Waals surface area contributed by atoms with E-state index >= 15 is 0 Å². The number of carboxylic acids is 1. The fraction of sp³-hybridized carbons (Fsp3) is 0.227. The van der Waals surface area contributed by atoms with Crippen molar-refractivity contribution in [3.05, 3.63) is 58.1 Å². The number of rotatable bonds is 8. The summed E-state index contributed by atoms with van der Waals surface area (Å²) < 4.78 is 30.8. The Kier molecular flexibility index (Phi) is 7.38. The summed E-state index contributed by atoms with van der Waals surface area (Å²) in [7, 11) is -4.07. The van der Waals surface area contributed by atoms with Crippen molar-refractivity contribution < 1.29 is 37.4 Å². The maximum absolute atomic E-state index is 13.3. The van der Waals surface area contributed by atoms with Gasteiger partial charge in [-0.25, -0.2) is 18.2 Å². The van der Waals surface area contributed by atoms with E-state index in [0.29, 0.717) is 0 Å². The molecule has 0 radical (unpaired) electrons. The Bertz CT molecular complexity index is 1450. The molecule has 2 amide bonds. The van der Waals surface area contributed by atoms with E-state index < -0.39 is 45.0 Å². The number of ether oxygens (including phenoxy) is 1. The van der Waals surface area contributed by atoms with E-state index in [1.165, 1.54) is 48.3 Å². The molecule has 12 nitrogen and oxygen atoms in total. The Morgan fingerprint density at radius 1 is 1.30 bits per heavy atom. The maximum atomic E-state index is 13.3. The molecule has 37 heavy (non-hydrogen) atoms. The summed E-state index contributed by atoms with van der Waals surface area (Å²) in [6, 6.07) is 6.33. The predicted octanol–water partition coefficient (Wildman–Crippen LogP) is 0.842. The average Bonchev–Trinajstić information content (AvgIpc) is 3.29. The van der Waals surface area contributed by atoms with Gasteiger partial charge in [-0.3, -0.25) is 19.3 Å². The zero-order valence-electron chi connectivity index (χ0n) is 19.1. The lowest BCUT2D eigenvalue weighted by Crippen LogP contribution is -2.70. The van der Waals surface area contributed by atoms with Crippen LogP contribution >= 0.6 is 23.1 Å². The molecule has 4 N–H and O–H groups in total. The summed E-state index contributed by atoms with van der Waals surface area (Å²) in [6.07, 6.45) is 0. The minimum Gasteiger partial charge on any atom is -0.477 e. The number of sulfone groups is 1. The van der Waals surface area contributed by atoms with Crippen LogP contribution in [0.5, 0.6) is 0 Å². The van der Waals surface area contributed by atoms with Gasteiger partial charge in [0.25, 0.3) is 11.8 Å². The normalized spacial score (nSPS) is 19.6. The molecule has 0 saturated carbocycles. The largest absolute Gasteiger partial charge is 0.477 e. The van der Waals surface area contributed by atoms with E-state index in [1.807, 2.05) is 0 Å². The number of nitrogens with two attached hydrogens (primary N) is 1. The number of aliphatic carboxylic acids is 1. The van der Waals surface area contributed by atoms with Crippen molar-refractivity contribution in [3.63, 3.8) is 0 Å². The van der Waals surface area contributed by atoms with Gasteiger partial charge in [-0.15, -0.1) is 23.1 Å². The lowest BCUT2D eigenvalue weighted by atomic mass is 10.0. The lowest BCUT2D eigenvalue weighted by Gasteiger charge is -2.49. The van der Waals surface area contributed by atoms with Crippen LogP contribution in [0.1, 0.15) is 12.6 Å². The molecule has 1 unspecified atom stereocenters. The van der Waals surface area contributed by atoms with Crippen molar-refractivity contribution in [1.29, 1.82) is 0 Å². The van der Waals surface area contributed by atoms with E-state index in [1.54, 1.807) is 6.07 Å². The first-order valence-electron chi connectivity index (χ1n) is 10.6. The highest BCUT2D eigenvalue weighted by Crippen LogP contribution is 2.40. The highest BCUT2D eigenvalue weighted by Gasteiger charge is 2.54. The number of esters is 1. The summed E-state index contributed by atoms with van der Waals surface area (Å²) in [5, 5.41) is 13.7. The monoisotopic (exact) mass is 564 g/mol. The molecular weight excluding hydrogens is 544 g/mol. The first-order chi connectivity index (χ1) is 17.5. The lowest BCUT2D eigenvalue weighted by molar-refractivity contribution is -0.150. The quantitative estimate of drug-likeness (QED) is 0.234. The second-order valence-corrected chi connectivity index (χ2v) is 11.7. The van der Waals surface area contributed by atoms with Crippen LogP contribution in [0.15, 0.2) is 57.3 Å². The van der Waals surface area contributed by atoms with Crippen LogP contribution < -0.4 is 11.1 Å². The Morgan fingerprint density at radius 3 is 2.59 bits per heavy atom. The highest BCUT2D eigenvalue weighted by molar-refractivity contribution is 8.00. The molecule has 2 aliphatic rings. The summed E-state index contributed by atoms with van der Waals surface area (Å²) in [6.45, 7) is 0.895. The number of aromatic nitrogens is 1. The van der Waals surface area contributed by atoms with Gasteiger partial charge < -0.3 is 20.9 Å². The smallest absolute Gasteiger partial charge is 0.352 e. The second-order valence-electron chi connectivity index (χ2n) is 7.86. The van der Waals surface area contributed by atoms with Crippen LogP contribution in [0.4, 0.5) is 5.13 Å². The van der Waals surface area contributed by atoms with E-state index in [4.69, 9.17) is 10.5 Å². The van der Waals surface area contributed by atoms with Crippen molar-refractivity contribution in [2.45, 2.75) is 23.2 Å². The number of amides is 2. The molecule has 2 atom stereocenters. The molecule has 1 aromatic carbocycles. The third-order valence-corrected chi connectivity index (χ3v) is 8.86. The number of β-lactam (4-membered cyclic amide) rings is 1. The number of nitrogens with one attached hydrogen (secondary N) is 1. The molecule has 2 aromatic rings. The van der Waals surface area contributed by atoms with E-state index in [-0.39, 0.29) is 44.9 Å². The van der Waals surface area contributed by atoms with Gasteiger partial charge in [-0.1, -0.05) is 18.2 Å². The summed E-state index contributed by atoms with van der Waals surface area (Å²) in [5.74, 6) is -3.43. The zero-order chi connectivity index (χ0) is 26.9. The van der Waals surface area contributed by atoms with E-state index in [0.717, 1.165) is 21.6 Å². The number of carbonyl (C=O) groups is 4. The van der Waals surface area contributed by atoms with E-state index in [2.05, 4.69) is 10.3 Å². The van der Waals surface area contributed by atoms with Crippen molar-refractivity contribution in [2.24, 2.45) is 0 Å². The van der Waals surface area contributed by atoms with Crippen molar-refractivity contribution in [1.82, 2.24) is 15.2 Å². The van der Waals surface area contributed by atoms with Gasteiger partial charge in [0.15, 0.2) is 5.13 Å². The van der Waals surface area contributed by atoms with Gasteiger partial charge in [0.05, 0.1) is 21.6 Å². The van der Waals surface area contributed by atoms with Crippen LogP contribution in [0.2, 0.25) is 0 Å². The molecule has 0 bridgehead atoms. The first kappa shape index (κ1) is 26.4. The number of nitrogens with zero attached hydrogens (tertiary/aromatic N) is 2. The number of thiazole rings is 1. The number of carboxylic acid groups (broad SMARTS) is 1. The molecule has 1 fully saturated rings. The molecular formula is C22H20N4O8S3. The van der Waals surface area contributed by atoms with Crippen LogP contribution in [0, 0.1) is 0 Å². The van der Waals surface area contributed by atoms with Gasteiger partial charge in [-0.05, 0) is 12.1 Å². The minimum atomic E-state index is -4.07. The van der Waals surface area contributed by atoms with Crippen LogP contribution in [0.3, 0.4) is 0 Å². The molecule has 4 rings (SSSR count). The third kappa shape index (κ3) is 5.38. The Morgan fingerprint density at radius 2 is 2.00 bits per heavy atom. The Balaban J connectivity index is 1.61. The van der Waals surface area contributed by atoms with Crippen molar-refractivity contribution in [3.8, 4) is 0 Å². The second kappa shape index (κ2) is 10.4. The topological polar surface area (TPSA) is 186 Å². The Hall–Kier alpha value is -3.69. The van der Waals surface area contributed by atoms with Gasteiger partial charge in [0.2, 0.25) is 9.84 Å². The summed E-state index contributed by atoms with van der Waals surface area (Å²) in [4.78, 5) is 54.2. The number of fused-ring (bicyclic) bond motifs is 1. The first-order valence-corrected chi connectivity index (χ1v) is 14.0. The average molecular weight is 565 g/mol. The Labute approximate surface area is 219 Å². The number of hydrogen-bond donors (Lipinski definition) is 3. The molecule has 1 aromatic heterocycles. The summed E-state index contributed by atoms with van der Waals surface area (Å²) >= 11 is 2.18. The van der Waals surface area contributed by atoms with Crippen molar-refractivity contribution >= 4 is 67.4 Å². The van der Waals surface area contributed by atoms with E-state index in [9.17, 15) is 32.7 Å². The fourth-order valence-electron chi connectivity index (χ4n) is 3.68. The predicted molar refractivity (Wildman–Crippen MR) is 134 cm³/mol. The number of carbonyl (C=O) groups excluding carboxylic acids is 3. The standard InChI is InChI=1S/C22H20N4O8S3/c1-11(27)34-7-12-8-35-20-16(19(29)26(20)17(12)21(30)31)25-18(28)14(15-9-36-22(23)24-15)10-37(32,33)13-5-3-2-4-6-13/h2-6,9-10,16,20H,7-8H2,1H3,(H2,23,24)(H,25,28)(H,30,31)/b14-10-/t16?,20-/m1/s1. The van der Waals surface area contributed by atoms with Gasteiger partial charge in [0, 0.05) is 23.6 Å². The number of benzene rings is 1. The number of anilines is 1. The van der Waals surface area contributed by atoms with Crippen LogP contribution in [-0.2, 0) is 33.8 Å². The zero-order valence-corrected chi connectivity index (χ0v) is 21.6. The number of thioether (sulfide) groups is 1. The molecule has 3 heterocycles. The maximum Gasteiger partial charge on any atom is 0.352 e. The molecule has 2 aliphatic heterocycles. The minimum absolute atomic E-state index is 0.00854. The SMILES string of the molecule is CC(=O)OCC1=C(C(=O)O)N2C(=O)C(NC(=O)/C(=C\S(=O)(=O)c3ccccc3)c3csc(N)n3)[C@H]2SC1. The number of hydrogen-bond acceptors (Lipinski definition) is 11. The van der Waals surface area contributed by atoms with Crippen molar-refractivity contribution in [2.75, 3.05) is 18.1 Å². The van der Waals surface area contributed by atoms with Gasteiger partial charge in [-0.2, -0.15) is 0 Å². The highest BCUT2D eigenvalue weighted by atomic mass is 32.2. The molecule has 0 spiro atoms. The van der Waals surface area contributed by atoms with Crippen LogP contribution in [-0.4, -0.2) is 70.9 Å². The molecule has 0 aliphatic carbocycles. The fourth-order valence-corrected chi connectivity index (χ4v) is 6.78. The molecule has 194 valence electrons. The van der Waals surface area contributed by atoms with Gasteiger partial charge >= 0.3 is 11.9 Å². The number of nitrogen functional groups attached to an aromatic ring is 1. The third-order valence-electron chi connectivity index (χ3n) is 5.37. The molecule has 15 heteroatoms. The molecule has 1 saturated heterocycles.